The van der Waals surface area contributed by atoms with Gasteiger partial charge in [0.05, 0.1) is 17.3 Å². The van der Waals surface area contributed by atoms with Gasteiger partial charge < -0.3 is 19.4 Å². The van der Waals surface area contributed by atoms with Crippen molar-refractivity contribution in [1.29, 1.82) is 0 Å². The summed E-state index contributed by atoms with van der Waals surface area (Å²) >= 11 is 6.52. The van der Waals surface area contributed by atoms with E-state index in [-0.39, 0.29) is 43.2 Å². The lowest BCUT2D eigenvalue weighted by Gasteiger charge is -2.48. The van der Waals surface area contributed by atoms with Crippen molar-refractivity contribution in [2.75, 3.05) is 57.3 Å². The van der Waals surface area contributed by atoms with E-state index in [1.165, 1.54) is 4.90 Å². The van der Waals surface area contributed by atoms with Crippen LogP contribution in [0.5, 0.6) is 0 Å². The monoisotopic (exact) mass is 651 g/mol. The van der Waals surface area contributed by atoms with Gasteiger partial charge in [-0.3, -0.25) is 19.8 Å². The molecular formula is C32H44ClF2N5O5. The van der Waals surface area contributed by atoms with Gasteiger partial charge in [0.25, 0.3) is 11.8 Å². The van der Waals surface area contributed by atoms with E-state index in [4.69, 9.17) is 16.3 Å². The van der Waals surface area contributed by atoms with Crippen LogP contribution in [0.4, 0.5) is 24.1 Å². The number of rotatable bonds is 4. The van der Waals surface area contributed by atoms with Gasteiger partial charge in [-0.1, -0.05) is 11.6 Å². The van der Waals surface area contributed by atoms with Crippen molar-refractivity contribution < 1.29 is 32.7 Å². The Kier molecular flexibility index (Phi) is 9.39. The lowest BCUT2D eigenvalue weighted by Crippen LogP contribution is -2.55. The van der Waals surface area contributed by atoms with Crippen molar-refractivity contribution in [2.45, 2.75) is 77.7 Å². The Hall–Kier alpha value is -2.99. The number of carbonyl (C=O) groups is 4. The lowest BCUT2D eigenvalue weighted by molar-refractivity contribution is -0.120. The van der Waals surface area contributed by atoms with E-state index >= 15 is 8.78 Å². The quantitative estimate of drug-likeness (QED) is 0.474. The highest BCUT2D eigenvalue weighted by atomic mass is 35.5. The third kappa shape index (κ3) is 7.53. The molecule has 248 valence electrons. The van der Waals surface area contributed by atoms with Crippen molar-refractivity contribution in [1.82, 2.24) is 20.0 Å². The Labute approximate surface area is 268 Å². The van der Waals surface area contributed by atoms with E-state index in [9.17, 15) is 19.2 Å². The first-order chi connectivity index (χ1) is 21.1. The number of imide groups is 1. The van der Waals surface area contributed by atoms with Crippen LogP contribution in [0.3, 0.4) is 0 Å². The predicted molar refractivity (Wildman–Crippen MR) is 166 cm³/mol. The molecule has 10 nitrogen and oxygen atoms in total. The van der Waals surface area contributed by atoms with Crippen LogP contribution in [0.15, 0.2) is 12.1 Å². The first-order valence-corrected chi connectivity index (χ1v) is 16.2. The standard InChI is InChI=1S/C32H44ClF2N5O5/c1-21-17-22(18-24(26(21)33)40-12-6-25(41)36-28(40)43)27(42)38-15-9-31(10-16-38)7-13-37(14-8-31)19-23-5-11-39(20-32(23,34)35)29(44)45-30(2,3)4/h17-18,23H,5-16,19-20H2,1-4H3,(H,36,41,43). The fraction of sp³-hybridized carbons (Fsp3) is 0.688. The molecule has 1 unspecified atom stereocenters. The Balaban J connectivity index is 1.13. The highest BCUT2D eigenvalue weighted by Crippen LogP contribution is 2.43. The van der Waals surface area contributed by atoms with Crippen LogP contribution in [0.1, 0.15) is 75.2 Å². The Morgan fingerprint density at radius 3 is 2.24 bits per heavy atom. The molecule has 4 aliphatic heterocycles. The zero-order valence-electron chi connectivity index (χ0n) is 26.6. The molecule has 45 heavy (non-hydrogen) atoms. The minimum absolute atomic E-state index is 0.0787. The van der Waals surface area contributed by atoms with Gasteiger partial charge >= 0.3 is 12.1 Å². The van der Waals surface area contributed by atoms with Crippen molar-refractivity contribution >= 4 is 41.2 Å². The van der Waals surface area contributed by atoms with Crippen molar-refractivity contribution in [3.63, 3.8) is 0 Å². The summed E-state index contributed by atoms with van der Waals surface area (Å²) in [4.78, 5) is 56.5. The summed E-state index contributed by atoms with van der Waals surface area (Å²) in [6.45, 7) is 9.74. The highest BCUT2D eigenvalue weighted by Gasteiger charge is 2.48. The van der Waals surface area contributed by atoms with Gasteiger partial charge in [-0.25, -0.2) is 18.4 Å². The van der Waals surface area contributed by atoms with Crippen LogP contribution in [0.25, 0.3) is 0 Å². The number of ether oxygens (including phenoxy) is 1. The largest absolute Gasteiger partial charge is 0.444 e. The molecule has 0 bridgehead atoms. The Morgan fingerprint density at radius 1 is 1.00 bits per heavy atom. The van der Waals surface area contributed by atoms with E-state index in [0.29, 0.717) is 41.5 Å². The molecule has 0 aliphatic carbocycles. The van der Waals surface area contributed by atoms with Crippen LogP contribution in [-0.2, 0) is 9.53 Å². The number of amides is 5. The minimum Gasteiger partial charge on any atom is -0.444 e. The number of hydrogen-bond acceptors (Lipinski definition) is 6. The number of nitrogens with zero attached hydrogens (tertiary/aromatic N) is 4. The number of halogens is 3. The Morgan fingerprint density at radius 2 is 1.64 bits per heavy atom. The fourth-order valence-electron chi connectivity index (χ4n) is 6.95. The van der Waals surface area contributed by atoms with Crippen LogP contribution < -0.4 is 10.2 Å². The number of aryl methyl sites for hydroxylation is 1. The highest BCUT2D eigenvalue weighted by molar-refractivity contribution is 6.35. The summed E-state index contributed by atoms with van der Waals surface area (Å²) in [5.74, 6) is -4.26. The molecule has 0 aromatic heterocycles. The molecule has 1 N–H and O–H groups in total. The van der Waals surface area contributed by atoms with Crippen molar-refractivity contribution in [3.05, 3.63) is 28.3 Å². The molecule has 0 saturated carbocycles. The molecule has 5 rings (SSSR count). The smallest absolute Gasteiger partial charge is 0.410 e. The average molecular weight is 652 g/mol. The summed E-state index contributed by atoms with van der Waals surface area (Å²) in [6.07, 6.45) is 3.16. The van der Waals surface area contributed by atoms with Gasteiger partial charge in [0.15, 0.2) is 0 Å². The van der Waals surface area contributed by atoms with Crippen molar-refractivity contribution in [2.24, 2.45) is 11.3 Å². The van der Waals surface area contributed by atoms with E-state index in [1.807, 2.05) is 4.90 Å². The number of urea groups is 1. The second kappa shape index (κ2) is 12.7. The summed E-state index contributed by atoms with van der Waals surface area (Å²) in [5, 5.41) is 2.66. The van der Waals surface area contributed by atoms with Gasteiger partial charge in [-0.15, -0.1) is 0 Å². The molecule has 4 saturated heterocycles. The van der Waals surface area contributed by atoms with Crippen LogP contribution in [0.2, 0.25) is 5.02 Å². The van der Waals surface area contributed by atoms with E-state index < -0.39 is 36.1 Å². The average Bonchev–Trinajstić information content (AvgIpc) is 2.96. The fourth-order valence-corrected chi connectivity index (χ4v) is 7.16. The van der Waals surface area contributed by atoms with Gasteiger partial charge in [-0.2, -0.15) is 0 Å². The maximum Gasteiger partial charge on any atom is 0.410 e. The second-order valence-electron chi connectivity index (χ2n) is 14.1. The number of benzene rings is 1. The minimum atomic E-state index is -2.98. The number of alkyl halides is 2. The molecule has 1 atom stereocenters. The topological polar surface area (TPSA) is 102 Å². The number of carbonyl (C=O) groups excluding carboxylic acids is 4. The normalized spacial score (nSPS) is 24.1. The third-order valence-electron chi connectivity index (χ3n) is 9.73. The number of likely N-dealkylation sites (tertiary alicyclic amines) is 3. The van der Waals surface area contributed by atoms with Crippen LogP contribution in [0, 0.1) is 18.3 Å². The summed E-state index contributed by atoms with van der Waals surface area (Å²) in [5.41, 5.74) is 0.873. The maximum absolute atomic E-state index is 15.1. The lowest BCUT2D eigenvalue weighted by atomic mass is 9.71. The Bertz CT molecular complexity index is 1330. The molecule has 1 aromatic carbocycles. The summed E-state index contributed by atoms with van der Waals surface area (Å²) < 4.78 is 35.6. The predicted octanol–water partition coefficient (Wildman–Crippen LogP) is 5.31. The zero-order valence-corrected chi connectivity index (χ0v) is 27.4. The van der Waals surface area contributed by atoms with E-state index in [1.54, 1.807) is 39.8 Å². The second-order valence-corrected chi connectivity index (χ2v) is 14.5. The van der Waals surface area contributed by atoms with E-state index in [2.05, 4.69) is 10.2 Å². The molecule has 5 amide bonds. The van der Waals surface area contributed by atoms with Crippen LogP contribution >= 0.6 is 11.6 Å². The SMILES string of the molecule is Cc1cc(C(=O)N2CCC3(CCN(CC4CCN(C(=O)OC(C)(C)C)CC4(F)F)CC3)CC2)cc(N2CCC(=O)NC2=O)c1Cl. The number of hydrogen-bond donors (Lipinski definition) is 1. The zero-order chi connectivity index (χ0) is 32.7. The number of nitrogens with one attached hydrogen (secondary N) is 1. The molecular weight excluding hydrogens is 608 g/mol. The van der Waals surface area contributed by atoms with Gasteiger partial charge in [0, 0.05) is 50.6 Å². The van der Waals surface area contributed by atoms with E-state index in [0.717, 1.165) is 43.7 Å². The maximum atomic E-state index is 15.1. The first-order valence-electron chi connectivity index (χ1n) is 15.8. The van der Waals surface area contributed by atoms with Gasteiger partial charge in [-0.05, 0) is 96.0 Å². The molecule has 13 heteroatoms. The van der Waals surface area contributed by atoms with Gasteiger partial charge in [0.2, 0.25) is 5.91 Å². The van der Waals surface area contributed by atoms with Crippen LogP contribution in [-0.4, -0.2) is 103 Å². The third-order valence-corrected chi connectivity index (χ3v) is 10.2. The molecule has 1 spiro atoms. The summed E-state index contributed by atoms with van der Waals surface area (Å²) in [7, 11) is 0. The molecule has 4 aliphatic rings. The molecule has 4 heterocycles. The molecule has 4 fully saturated rings. The first kappa shape index (κ1) is 33.4. The number of piperidine rings is 3. The van der Waals surface area contributed by atoms with Gasteiger partial charge in [0.1, 0.15) is 5.60 Å². The summed E-state index contributed by atoms with van der Waals surface area (Å²) in [6, 6.07) is 2.81. The number of anilines is 1. The van der Waals surface area contributed by atoms with Crippen molar-refractivity contribution in [3.8, 4) is 0 Å². The molecule has 0 radical (unpaired) electrons. The molecule has 1 aromatic rings.